The second kappa shape index (κ2) is 11.0. The summed E-state index contributed by atoms with van der Waals surface area (Å²) in [5, 5.41) is 0. The Hall–Kier alpha value is -1.97. The normalized spacial score (nSPS) is 25.5. The fourth-order valence-corrected chi connectivity index (χ4v) is 6.21. The number of alkyl halides is 3. The van der Waals surface area contributed by atoms with Gasteiger partial charge in [-0.25, -0.2) is 0 Å². The van der Waals surface area contributed by atoms with Crippen LogP contribution in [-0.2, 0) is 0 Å². The van der Waals surface area contributed by atoms with Crippen molar-refractivity contribution in [2.75, 3.05) is 0 Å². The van der Waals surface area contributed by atoms with Gasteiger partial charge in [0, 0.05) is 0 Å². The molecule has 0 aliphatic heterocycles. The molecule has 4 heteroatoms. The van der Waals surface area contributed by atoms with E-state index in [0.29, 0.717) is 5.92 Å². The molecule has 180 valence electrons. The SMILES string of the molecule is CCCCCCC1CCC2CC(c3ccc(-c4ccc(OC(F)(F)F)cc4)cc3)CCC2C1. The van der Waals surface area contributed by atoms with Crippen LogP contribution in [0.15, 0.2) is 48.5 Å². The molecule has 4 atom stereocenters. The fourth-order valence-electron chi connectivity index (χ4n) is 6.21. The number of hydrogen-bond donors (Lipinski definition) is 0. The predicted molar refractivity (Wildman–Crippen MR) is 128 cm³/mol. The van der Waals surface area contributed by atoms with Crippen LogP contribution in [-0.4, -0.2) is 6.36 Å². The van der Waals surface area contributed by atoms with Crippen LogP contribution >= 0.6 is 0 Å². The van der Waals surface area contributed by atoms with Crippen molar-refractivity contribution in [1.82, 2.24) is 0 Å². The van der Waals surface area contributed by atoms with Gasteiger partial charge in [0.05, 0.1) is 0 Å². The summed E-state index contributed by atoms with van der Waals surface area (Å²) in [7, 11) is 0. The van der Waals surface area contributed by atoms with Gasteiger partial charge in [-0.1, -0.05) is 81.8 Å². The number of rotatable bonds is 8. The molecule has 1 nitrogen and oxygen atoms in total. The van der Waals surface area contributed by atoms with E-state index in [1.807, 2.05) is 0 Å². The van der Waals surface area contributed by atoms with Gasteiger partial charge in [-0.15, -0.1) is 13.2 Å². The van der Waals surface area contributed by atoms with E-state index >= 15 is 0 Å². The molecule has 4 rings (SSSR count). The van der Waals surface area contributed by atoms with Crippen molar-refractivity contribution in [3.05, 3.63) is 54.1 Å². The molecule has 4 unspecified atom stereocenters. The van der Waals surface area contributed by atoms with Crippen LogP contribution in [0.4, 0.5) is 13.2 Å². The Morgan fingerprint density at radius 2 is 1.39 bits per heavy atom. The van der Waals surface area contributed by atoms with Crippen LogP contribution in [0, 0.1) is 17.8 Å². The third kappa shape index (κ3) is 6.77. The van der Waals surface area contributed by atoms with Crippen LogP contribution in [0.25, 0.3) is 11.1 Å². The molecular weight excluding hydrogens is 421 g/mol. The van der Waals surface area contributed by atoms with Gasteiger partial charge in [0.1, 0.15) is 5.75 Å². The first-order valence-electron chi connectivity index (χ1n) is 12.9. The molecule has 0 amide bonds. The van der Waals surface area contributed by atoms with Gasteiger partial charge in [0.15, 0.2) is 0 Å². The molecule has 0 aromatic heterocycles. The van der Waals surface area contributed by atoms with Crippen molar-refractivity contribution in [3.8, 4) is 16.9 Å². The summed E-state index contributed by atoms with van der Waals surface area (Å²) in [6.45, 7) is 2.28. The third-order valence-electron chi connectivity index (χ3n) is 7.99. The van der Waals surface area contributed by atoms with Gasteiger partial charge >= 0.3 is 6.36 Å². The maximum absolute atomic E-state index is 12.4. The average molecular weight is 459 g/mol. The zero-order valence-electron chi connectivity index (χ0n) is 19.7. The van der Waals surface area contributed by atoms with Crippen molar-refractivity contribution in [2.45, 2.75) is 89.8 Å². The Morgan fingerprint density at radius 3 is 2.06 bits per heavy atom. The zero-order chi connectivity index (χ0) is 23.3. The molecule has 33 heavy (non-hydrogen) atoms. The lowest BCUT2D eigenvalue weighted by Crippen LogP contribution is -2.30. The van der Waals surface area contributed by atoms with Gasteiger partial charge < -0.3 is 4.74 Å². The molecular formula is C29H37F3O. The van der Waals surface area contributed by atoms with E-state index in [1.165, 1.54) is 88.3 Å². The lowest BCUT2D eigenvalue weighted by molar-refractivity contribution is -0.274. The number of unbranched alkanes of at least 4 members (excludes halogenated alkanes) is 3. The number of halogens is 3. The van der Waals surface area contributed by atoms with E-state index in [-0.39, 0.29) is 5.75 Å². The van der Waals surface area contributed by atoms with Crippen molar-refractivity contribution in [3.63, 3.8) is 0 Å². The Labute approximate surface area is 196 Å². The molecule has 0 N–H and O–H groups in total. The first kappa shape index (κ1) is 24.2. The van der Waals surface area contributed by atoms with Crippen molar-refractivity contribution in [2.24, 2.45) is 17.8 Å². The highest BCUT2D eigenvalue weighted by Crippen LogP contribution is 2.48. The van der Waals surface area contributed by atoms with Crippen LogP contribution in [0.2, 0.25) is 0 Å². The number of fused-ring (bicyclic) bond motifs is 1. The topological polar surface area (TPSA) is 9.23 Å². The zero-order valence-corrected chi connectivity index (χ0v) is 19.7. The minimum Gasteiger partial charge on any atom is -0.406 e. The first-order chi connectivity index (χ1) is 15.9. The number of benzene rings is 2. The summed E-state index contributed by atoms with van der Waals surface area (Å²) < 4.78 is 41.1. The smallest absolute Gasteiger partial charge is 0.406 e. The molecule has 2 aliphatic rings. The number of ether oxygens (including phenoxy) is 1. The lowest BCUT2D eigenvalue weighted by atomic mass is 9.63. The summed E-state index contributed by atoms with van der Waals surface area (Å²) in [6, 6.07) is 14.8. The molecule has 0 bridgehead atoms. The highest BCUT2D eigenvalue weighted by Gasteiger charge is 2.35. The minimum atomic E-state index is -4.66. The maximum Gasteiger partial charge on any atom is 0.573 e. The van der Waals surface area contributed by atoms with Gasteiger partial charge in [-0.05, 0) is 84.6 Å². The van der Waals surface area contributed by atoms with E-state index in [9.17, 15) is 13.2 Å². The van der Waals surface area contributed by atoms with E-state index in [2.05, 4.69) is 35.9 Å². The molecule has 2 aromatic rings. The standard InChI is InChI=1S/C29H37F3O/c1-2-3-4-5-6-21-7-8-27-20-26(14-13-25(27)19-21)24-11-9-22(10-12-24)23-15-17-28(18-16-23)33-29(30,31)32/h9-12,15-18,21,25-27H,2-8,13-14,19-20H2,1H3. The Morgan fingerprint density at radius 1 is 0.758 bits per heavy atom. The van der Waals surface area contributed by atoms with E-state index in [4.69, 9.17) is 0 Å². The quantitative estimate of drug-likeness (QED) is 0.358. The van der Waals surface area contributed by atoms with Crippen LogP contribution in [0.3, 0.4) is 0 Å². The molecule has 2 aliphatic carbocycles. The molecule has 2 aromatic carbocycles. The Balaban J connectivity index is 1.30. The second-order valence-electron chi connectivity index (χ2n) is 10.3. The largest absolute Gasteiger partial charge is 0.573 e. The molecule has 2 fully saturated rings. The number of hydrogen-bond acceptors (Lipinski definition) is 1. The molecule has 0 saturated heterocycles. The minimum absolute atomic E-state index is 0.185. The Bertz CT molecular complexity index is 856. The summed E-state index contributed by atoms with van der Waals surface area (Å²) in [5.41, 5.74) is 3.34. The maximum atomic E-state index is 12.4. The highest BCUT2D eigenvalue weighted by atomic mass is 19.4. The van der Waals surface area contributed by atoms with Gasteiger partial charge in [-0.2, -0.15) is 0 Å². The average Bonchev–Trinajstić information content (AvgIpc) is 2.81. The first-order valence-corrected chi connectivity index (χ1v) is 12.9. The van der Waals surface area contributed by atoms with Crippen LogP contribution in [0.5, 0.6) is 5.75 Å². The molecule has 0 spiro atoms. The van der Waals surface area contributed by atoms with Crippen molar-refractivity contribution < 1.29 is 17.9 Å². The van der Waals surface area contributed by atoms with Gasteiger partial charge in [0.25, 0.3) is 0 Å². The van der Waals surface area contributed by atoms with Gasteiger partial charge in [0.2, 0.25) is 0 Å². The predicted octanol–water partition coefficient (Wildman–Crippen LogP) is 9.52. The highest BCUT2D eigenvalue weighted by molar-refractivity contribution is 5.64. The summed E-state index contributed by atoms with van der Waals surface area (Å²) in [5.74, 6) is 3.24. The second-order valence-corrected chi connectivity index (χ2v) is 10.3. The lowest BCUT2D eigenvalue weighted by Gasteiger charge is -2.42. The van der Waals surface area contributed by atoms with Crippen LogP contribution in [0.1, 0.15) is 89.0 Å². The van der Waals surface area contributed by atoms with E-state index in [0.717, 1.165) is 28.9 Å². The molecule has 0 radical (unpaired) electrons. The summed E-state index contributed by atoms with van der Waals surface area (Å²) in [4.78, 5) is 0. The fraction of sp³-hybridized carbons (Fsp3) is 0.586. The Kier molecular flexibility index (Phi) is 8.03. The third-order valence-corrected chi connectivity index (χ3v) is 7.99. The van der Waals surface area contributed by atoms with Crippen molar-refractivity contribution >= 4 is 0 Å². The van der Waals surface area contributed by atoms with E-state index in [1.54, 1.807) is 12.1 Å². The van der Waals surface area contributed by atoms with Gasteiger partial charge in [-0.3, -0.25) is 0 Å². The molecule has 2 saturated carbocycles. The summed E-state index contributed by atoms with van der Waals surface area (Å²) in [6.07, 6.45) is 10.6. The van der Waals surface area contributed by atoms with Crippen LogP contribution < -0.4 is 4.74 Å². The molecule has 0 heterocycles. The summed E-state index contributed by atoms with van der Waals surface area (Å²) >= 11 is 0. The monoisotopic (exact) mass is 458 g/mol. The van der Waals surface area contributed by atoms with E-state index < -0.39 is 6.36 Å². The van der Waals surface area contributed by atoms with Crippen molar-refractivity contribution in [1.29, 1.82) is 0 Å².